The second kappa shape index (κ2) is 4.65. The van der Waals surface area contributed by atoms with E-state index >= 15 is 0 Å². The summed E-state index contributed by atoms with van der Waals surface area (Å²) in [5.74, 6) is 1.09. The van der Waals surface area contributed by atoms with E-state index in [1.54, 1.807) is 0 Å². The monoisotopic (exact) mass is 233 g/mol. The predicted molar refractivity (Wildman–Crippen MR) is 72.1 cm³/mol. The van der Waals surface area contributed by atoms with Gasteiger partial charge in [-0.15, -0.1) is 0 Å². The van der Waals surface area contributed by atoms with Gasteiger partial charge in [-0.1, -0.05) is 19.9 Å². The van der Waals surface area contributed by atoms with E-state index in [1.807, 2.05) is 13.1 Å². The van der Waals surface area contributed by atoms with Gasteiger partial charge in [0.15, 0.2) is 0 Å². The molecule has 94 valence electrons. The molecule has 1 aromatic heterocycles. The fourth-order valence-electron chi connectivity index (χ4n) is 2.47. The largest absolute Gasteiger partial charge is 0.356 e. The molecular weight excluding hydrogens is 210 g/mol. The summed E-state index contributed by atoms with van der Waals surface area (Å²) < 4.78 is 0. The Morgan fingerprint density at radius 3 is 2.71 bits per heavy atom. The average molecular weight is 233 g/mol. The van der Waals surface area contributed by atoms with Gasteiger partial charge < -0.3 is 10.6 Å². The zero-order chi connectivity index (χ0) is 12.5. The maximum absolute atomic E-state index is 5.83. The molecule has 17 heavy (non-hydrogen) atoms. The zero-order valence-corrected chi connectivity index (χ0v) is 11.1. The first kappa shape index (κ1) is 12.4. The quantitative estimate of drug-likeness (QED) is 0.854. The molecule has 3 nitrogen and oxygen atoms in total. The summed E-state index contributed by atoms with van der Waals surface area (Å²) in [6.45, 7) is 8.86. The van der Waals surface area contributed by atoms with Crippen molar-refractivity contribution in [3.63, 3.8) is 0 Å². The third kappa shape index (κ3) is 2.97. The number of nitrogens with zero attached hydrogens (tertiary/aromatic N) is 2. The smallest absolute Gasteiger partial charge is 0.128 e. The zero-order valence-electron chi connectivity index (χ0n) is 11.1. The van der Waals surface area contributed by atoms with Gasteiger partial charge in [0.1, 0.15) is 5.82 Å². The third-order valence-corrected chi connectivity index (χ3v) is 3.52. The topological polar surface area (TPSA) is 42.1 Å². The van der Waals surface area contributed by atoms with E-state index in [4.69, 9.17) is 5.73 Å². The van der Waals surface area contributed by atoms with Gasteiger partial charge in [0.25, 0.3) is 0 Å². The minimum Gasteiger partial charge on any atom is -0.356 e. The molecule has 1 aliphatic rings. The summed E-state index contributed by atoms with van der Waals surface area (Å²) >= 11 is 0. The molecule has 2 N–H and O–H groups in total. The van der Waals surface area contributed by atoms with Crippen molar-refractivity contribution in [3.8, 4) is 0 Å². The van der Waals surface area contributed by atoms with Crippen LogP contribution in [0.3, 0.4) is 0 Å². The van der Waals surface area contributed by atoms with Crippen LogP contribution in [0.5, 0.6) is 0 Å². The van der Waals surface area contributed by atoms with Gasteiger partial charge in [0, 0.05) is 25.3 Å². The maximum atomic E-state index is 5.83. The Bertz CT molecular complexity index is 368. The Labute approximate surface area is 104 Å². The molecule has 1 atom stereocenters. The normalized spacial score (nSPS) is 21.3. The van der Waals surface area contributed by atoms with Crippen LogP contribution in [-0.2, 0) is 0 Å². The summed E-state index contributed by atoms with van der Waals surface area (Å²) in [4.78, 5) is 6.92. The lowest BCUT2D eigenvalue weighted by Crippen LogP contribution is -2.40. The molecule has 0 saturated carbocycles. The van der Waals surface area contributed by atoms with Gasteiger partial charge in [-0.3, -0.25) is 0 Å². The molecule has 2 rings (SSSR count). The molecule has 2 heterocycles. The van der Waals surface area contributed by atoms with Crippen LogP contribution in [0.15, 0.2) is 18.3 Å². The molecule has 0 aliphatic carbocycles. The summed E-state index contributed by atoms with van der Waals surface area (Å²) in [6.07, 6.45) is 4.47. The number of aromatic nitrogens is 1. The minimum absolute atomic E-state index is 0.0642. The van der Waals surface area contributed by atoms with Crippen LogP contribution in [0.4, 0.5) is 5.82 Å². The molecule has 0 radical (unpaired) electrons. The number of hydrogen-bond acceptors (Lipinski definition) is 3. The molecule has 0 amide bonds. The van der Waals surface area contributed by atoms with Gasteiger partial charge >= 0.3 is 0 Å². The second-order valence-electron chi connectivity index (χ2n) is 5.93. The fourth-order valence-corrected chi connectivity index (χ4v) is 2.47. The van der Waals surface area contributed by atoms with Gasteiger partial charge in [0.2, 0.25) is 0 Å². The molecule has 1 unspecified atom stereocenters. The van der Waals surface area contributed by atoms with Crippen molar-refractivity contribution in [1.29, 1.82) is 0 Å². The molecular formula is C14H23N3. The maximum Gasteiger partial charge on any atom is 0.128 e. The molecule has 3 heteroatoms. The van der Waals surface area contributed by atoms with E-state index in [9.17, 15) is 0 Å². The van der Waals surface area contributed by atoms with Crippen LogP contribution < -0.4 is 10.6 Å². The number of nitrogens with two attached hydrogens (primary N) is 1. The second-order valence-corrected chi connectivity index (χ2v) is 5.93. The highest BCUT2D eigenvalue weighted by atomic mass is 15.2. The van der Waals surface area contributed by atoms with Crippen molar-refractivity contribution in [3.05, 3.63) is 23.9 Å². The Morgan fingerprint density at radius 2 is 2.18 bits per heavy atom. The summed E-state index contributed by atoms with van der Waals surface area (Å²) in [6, 6.07) is 4.25. The number of hydrogen-bond donors (Lipinski definition) is 1. The van der Waals surface area contributed by atoms with Crippen molar-refractivity contribution >= 4 is 5.82 Å². The van der Waals surface area contributed by atoms with Gasteiger partial charge in [-0.25, -0.2) is 4.98 Å². The Hall–Kier alpha value is -1.09. The molecule has 1 aliphatic heterocycles. The lowest BCUT2D eigenvalue weighted by atomic mass is 9.84. The lowest BCUT2D eigenvalue weighted by Gasteiger charge is -2.38. The van der Waals surface area contributed by atoms with Crippen LogP contribution in [-0.4, -0.2) is 18.1 Å². The lowest BCUT2D eigenvalue weighted by molar-refractivity contribution is 0.292. The number of rotatable bonds is 2. The van der Waals surface area contributed by atoms with Crippen LogP contribution in [0.2, 0.25) is 0 Å². The van der Waals surface area contributed by atoms with Gasteiger partial charge in [-0.05, 0) is 36.8 Å². The van der Waals surface area contributed by atoms with Crippen molar-refractivity contribution in [2.75, 3.05) is 18.0 Å². The van der Waals surface area contributed by atoms with Crippen molar-refractivity contribution in [2.45, 2.75) is 39.7 Å². The Balaban J connectivity index is 2.12. The SMILES string of the molecule is CC(N)c1ccc(N2CCCC(C)(C)C2)nc1. The molecule has 1 saturated heterocycles. The van der Waals surface area contributed by atoms with E-state index < -0.39 is 0 Å². The first-order chi connectivity index (χ1) is 7.98. The van der Waals surface area contributed by atoms with E-state index in [1.165, 1.54) is 12.8 Å². The molecule has 1 fully saturated rings. The summed E-state index contributed by atoms with van der Waals surface area (Å²) in [7, 11) is 0. The number of pyridine rings is 1. The number of anilines is 1. The highest BCUT2D eigenvalue weighted by molar-refractivity contribution is 5.40. The molecule has 0 spiro atoms. The Morgan fingerprint density at radius 1 is 1.41 bits per heavy atom. The van der Waals surface area contributed by atoms with Crippen molar-refractivity contribution < 1.29 is 0 Å². The standard InChI is InChI=1S/C14H23N3/c1-11(15)12-5-6-13(16-9-12)17-8-4-7-14(2,3)10-17/h5-6,9,11H,4,7-8,10,15H2,1-3H3. The van der Waals surface area contributed by atoms with Crippen LogP contribution >= 0.6 is 0 Å². The average Bonchev–Trinajstić information content (AvgIpc) is 2.28. The highest BCUT2D eigenvalue weighted by Gasteiger charge is 2.26. The molecule has 0 bridgehead atoms. The van der Waals surface area contributed by atoms with Crippen molar-refractivity contribution in [1.82, 2.24) is 4.98 Å². The minimum atomic E-state index is 0.0642. The third-order valence-electron chi connectivity index (χ3n) is 3.52. The van der Waals surface area contributed by atoms with Crippen LogP contribution in [0.1, 0.15) is 45.2 Å². The first-order valence-corrected chi connectivity index (χ1v) is 6.44. The van der Waals surface area contributed by atoms with Gasteiger partial charge in [0.05, 0.1) is 0 Å². The number of piperidine rings is 1. The molecule has 0 aromatic carbocycles. The van der Waals surface area contributed by atoms with Crippen molar-refractivity contribution in [2.24, 2.45) is 11.1 Å². The molecule has 1 aromatic rings. The Kier molecular flexibility index (Phi) is 3.38. The van der Waals surface area contributed by atoms with Crippen LogP contribution in [0, 0.1) is 5.41 Å². The highest BCUT2D eigenvalue weighted by Crippen LogP contribution is 2.30. The summed E-state index contributed by atoms with van der Waals surface area (Å²) in [5.41, 5.74) is 7.34. The van der Waals surface area contributed by atoms with Crippen LogP contribution in [0.25, 0.3) is 0 Å². The predicted octanol–water partition coefficient (Wildman–Crippen LogP) is 2.73. The van der Waals surface area contributed by atoms with E-state index in [2.05, 4.69) is 35.9 Å². The van der Waals surface area contributed by atoms with E-state index in [0.717, 1.165) is 24.5 Å². The van der Waals surface area contributed by atoms with Gasteiger partial charge in [-0.2, -0.15) is 0 Å². The van der Waals surface area contributed by atoms with E-state index in [0.29, 0.717) is 5.41 Å². The first-order valence-electron chi connectivity index (χ1n) is 6.44. The van der Waals surface area contributed by atoms with E-state index in [-0.39, 0.29) is 6.04 Å². The summed E-state index contributed by atoms with van der Waals surface area (Å²) in [5, 5.41) is 0. The fraction of sp³-hybridized carbons (Fsp3) is 0.643.